The lowest BCUT2D eigenvalue weighted by molar-refractivity contribution is -0.143. The number of amides is 2. The number of piperidine rings is 1. The topological polar surface area (TPSA) is 84.2 Å². The summed E-state index contributed by atoms with van der Waals surface area (Å²) in [5.74, 6) is 0.687. The maximum absolute atomic E-state index is 12.9. The van der Waals surface area contributed by atoms with Gasteiger partial charge in [0, 0.05) is 37.8 Å². The van der Waals surface area contributed by atoms with Crippen molar-refractivity contribution < 1.29 is 9.59 Å². The average molecular weight is 354 g/mol. The maximum Gasteiger partial charge on any atom is 0.253 e. The molecule has 0 bridgehead atoms. The standard InChI is InChI=1S/C18H22N6O2/c1-22-10-3-8-18(17(22)26)9-11-24(12-18)16(25)14-6-4-13(5-7-14)15-19-21-23(2)20-15/h4-7H,3,8-12H2,1-2H3/t18-/m0/s1. The molecule has 3 heterocycles. The number of tetrazole rings is 1. The Labute approximate surface area is 151 Å². The molecule has 0 N–H and O–H groups in total. The van der Waals surface area contributed by atoms with Crippen molar-refractivity contribution in [2.24, 2.45) is 12.5 Å². The van der Waals surface area contributed by atoms with Crippen LogP contribution in [0.4, 0.5) is 0 Å². The molecule has 0 saturated carbocycles. The first kappa shape index (κ1) is 16.7. The number of benzene rings is 1. The van der Waals surface area contributed by atoms with Crippen LogP contribution < -0.4 is 0 Å². The van der Waals surface area contributed by atoms with Gasteiger partial charge in [0.15, 0.2) is 0 Å². The van der Waals surface area contributed by atoms with Gasteiger partial charge in [-0.1, -0.05) is 12.1 Å². The van der Waals surface area contributed by atoms with Crippen molar-refractivity contribution in [3.63, 3.8) is 0 Å². The highest BCUT2D eigenvalue weighted by Crippen LogP contribution is 2.40. The Bertz CT molecular complexity index is 846. The number of aromatic nitrogens is 4. The fourth-order valence-electron chi connectivity index (χ4n) is 4.04. The third-order valence-corrected chi connectivity index (χ3v) is 5.49. The van der Waals surface area contributed by atoms with E-state index in [9.17, 15) is 9.59 Å². The van der Waals surface area contributed by atoms with Gasteiger partial charge >= 0.3 is 0 Å². The Kier molecular flexibility index (Phi) is 3.97. The van der Waals surface area contributed by atoms with Crippen molar-refractivity contribution in [3.8, 4) is 11.4 Å². The zero-order valence-corrected chi connectivity index (χ0v) is 15.1. The molecule has 0 aliphatic carbocycles. The van der Waals surface area contributed by atoms with Gasteiger partial charge in [0.25, 0.3) is 5.91 Å². The molecule has 2 aromatic rings. The third-order valence-electron chi connectivity index (χ3n) is 5.49. The maximum atomic E-state index is 12.9. The third kappa shape index (κ3) is 2.75. The van der Waals surface area contributed by atoms with Crippen molar-refractivity contribution in [1.82, 2.24) is 30.0 Å². The van der Waals surface area contributed by atoms with Gasteiger partial charge in [0.05, 0.1) is 12.5 Å². The second-order valence-corrected chi connectivity index (χ2v) is 7.27. The van der Waals surface area contributed by atoms with E-state index < -0.39 is 0 Å². The first-order chi connectivity index (χ1) is 12.5. The summed E-state index contributed by atoms with van der Waals surface area (Å²) >= 11 is 0. The smallest absolute Gasteiger partial charge is 0.253 e. The van der Waals surface area contributed by atoms with Crippen LogP contribution in [0, 0.1) is 5.41 Å². The summed E-state index contributed by atoms with van der Waals surface area (Å²) in [5, 5.41) is 12.0. The van der Waals surface area contributed by atoms with Crippen LogP contribution in [0.2, 0.25) is 0 Å². The van der Waals surface area contributed by atoms with Gasteiger partial charge in [-0.05, 0) is 36.6 Å². The van der Waals surface area contributed by atoms with Gasteiger partial charge in [0.2, 0.25) is 11.7 Å². The lowest BCUT2D eigenvalue weighted by Crippen LogP contribution is -2.48. The molecule has 1 atom stereocenters. The van der Waals surface area contributed by atoms with E-state index in [2.05, 4.69) is 15.4 Å². The Hall–Kier alpha value is -2.77. The molecule has 2 fully saturated rings. The van der Waals surface area contributed by atoms with E-state index in [-0.39, 0.29) is 17.2 Å². The molecule has 2 aliphatic heterocycles. The van der Waals surface area contributed by atoms with Crippen LogP contribution in [0.25, 0.3) is 11.4 Å². The van der Waals surface area contributed by atoms with Gasteiger partial charge in [-0.2, -0.15) is 4.80 Å². The molecular weight excluding hydrogens is 332 g/mol. The van der Waals surface area contributed by atoms with Crippen LogP contribution in [0.3, 0.4) is 0 Å². The molecule has 1 aromatic carbocycles. The summed E-state index contributed by atoms with van der Waals surface area (Å²) in [6.45, 7) is 1.96. The van der Waals surface area contributed by atoms with Gasteiger partial charge in [-0.3, -0.25) is 9.59 Å². The van der Waals surface area contributed by atoms with Crippen LogP contribution in [-0.2, 0) is 11.8 Å². The summed E-state index contributed by atoms with van der Waals surface area (Å²) < 4.78 is 0. The zero-order valence-electron chi connectivity index (χ0n) is 15.1. The molecule has 2 saturated heterocycles. The van der Waals surface area contributed by atoms with E-state index >= 15 is 0 Å². The van der Waals surface area contributed by atoms with Crippen molar-refractivity contribution in [1.29, 1.82) is 0 Å². The fraction of sp³-hybridized carbons (Fsp3) is 0.500. The normalized spacial score (nSPS) is 23.1. The summed E-state index contributed by atoms with van der Waals surface area (Å²) in [7, 11) is 3.56. The fourth-order valence-corrected chi connectivity index (χ4v) is 4.04. The van der Waals surface area contributed by atoms with Crippen LogP contribution in [0.5, 0.6) is 0 Å². The van der Waals surface area contributed by atoms with Gasteiger partial charge in [-0.25, -0.2) is 0 Å². The Morgan fingerprint density at radius 3 is 2.58 bits per heavy atom. The van der Waals surface area contributed by atoms with Crippen molar-refractivity contribution in [3.05, 3.63) is 29.8 Å². The molecule has 1 spiro atoms. The Balaban J connectivity index is 1.49. The molecule has 8 nitrogen and oxygen atoms in total. The minimum Gasteiger partial charge on any atom is -0.345 e. The number of likely N-dealkylation sites (tertiary alicyclic amines) is 2. The highest BCUT2D eigenvalue weighted by molar-refractivity contribution is 5.96. The minimum absolute atomic E-state index is 0.0263. The van der Waals surface area contributed by atoms with E-state index in [1.807, 2.05) is 24.1 Å². The Morgan fingerprint density at radius 1 is 1.12 bits per heavy atom. The van der Waals surface area contributed by atoms with Crippen molar-refractivity contribution >= 4 is 11.8 Å². The number of carbonyl (C=O) groups excluding carboxylic acids is 2. The molecule has 8 heteroatoms. The van der Waals surface area contributed by atoms with Gasteiger partial charge in [-0.15, -0.1) is 10.2 Å². The van der Waals surface area contributed by atoms with Crippen LogP contribution in [-0.4, -0.2) is 68.5 Å². The van der Waals surface area contributed by atoms with E-state index in [0.717, 1.165) is 31.4 Å². The highest BCUT2D eigenvalue weighted by Gasteiger charge is 2.48. The predicted octanol–water partition coefficient (Wildman–Crippen LogP) is 0.962. The summed E-state index contributed by atoms with van der Waals surface area (Å²) in [6.07, 6.45) is 2.63. The molecule has 136 valence electrons. The summed E-state index contributed by atoms with van der Waals surface area (Å²) in [6, 6.07) is 7.23. The van der Waals surface area contributed by atoms with E-state index in [4.69, 9.17) is 0 Å². The zero-order chi connectivity index (χ0) is 18.3. The molecule has 0 radical (unpaired) electrons. The Morgan fingerprint density at radius 2 is 1.88 bits per heavy atom. The molecule has 26 heavy (non-hydrogen) atoms. The molecule has 1 aromatic heterocycles. The quantitative estimate of drug-likeness (QED) is 0.802. The number of carbonyl (C=O) groups is 2. The van der Waals surface area contributed by atoms with Gasteiger partial charge < -0.3 is 9.80 Å². The second-order valence-electron chi connectivity index (χ2n) is 7.27. The highest BCUT2D eigenvalue weighted by atomic mass is 16.2. The first-order valence-corrected chi connectivity index (χ1v) is 8.88. The predicted molar refractivity (Wildman–Crippen MR) is 94.1 cm³/mol. The van der Waals surface area contributed by atoms with Crippen LogP contribution >= 0.6 is 0 Å². The molecular formula is C18H22N6O2. The number of hydrogen-bond acceptors (Lipinski definition) is 5. The molecule has 2 amide bonds. The number of nitrogens with zero attached hydrogens (tertiary/aromatic N) is 6. The van der Waals surface area contributed by atoms with Crippen LogP contribution in [0.1, 0.15) is 29.6 Å². The monoisotopic (exact) mass is 354 g/mol. The van der Waals surface area contributed by atoms with Crippen LogP contribution in [0.15, 0.2) is 24.3 Å². The van der Waals surface area contributed by atoms with E-state index in [1.54, 1.807) is 24.1 Å². The molecule has 4 rings (SSSR count). The average Bonchev–Trinajstić information content (AvgIpc) is 3.27. The molecule has 0 unspecified atom stereocenters. The molecule has 2 aliphatic rings. The largest absolute Gasteiger partial charge is 0.345 e. The lowest BCUT2D eigenvalue weighted by Gasteiger charge is -2.37. The number of aryl methyl sites for hydroxylation is 1. The van der Waals surface area contributed by atoms with Crippen molar-refractivity contribution in [2.45, 2.75) is 19.3 Å². The summed E-state index contributed by atoms with van der Waals surface area (Å²) in [5.41, 5.74) is 1.05. The van der Waals surface area contributed by atoms with Crippen molar-refractivity contribution in [2.75, 3.05) is 26.7 Å². The SMILES string of the molecule is CN1CCC[C@@]2(CCN(C(=O)c3ccc(-c4nnn(C)n4)cc3)C2)C1=O. The summed E-state index contributed by atoms with van der Waals surface area (Å²) in [4.78, 5) is 30.5. The number of rotatable bonds is 2. The second kappa shape index (κ2) is 6.19. The lowest BCUT2D eigenvalue weighted by atomic mass is 9.78. The minimum atomic E-state index is -0.383. The van der Waals surface area contributed by atoms with Gasteiger partial charge in [0.1, 0.15) is 0 Å². The first-order valence-electron chi connectivity index (χ1n) is 8.88. The number of hydrogen-bond donors (Lipinski definition) is 0. The van der Waals surface area contributed by atoms with E-state index in [1.165, 1.54) is 4.80 Å². The van der Waals surface area contributed by atoms with E-state index in [0.29, 0.717) is 24.5 Å².